The van der Waals surface area contributed by atoms with Gasteiger partial charge in [0.15, 0.2) is 6.20 Å². The molecule has 1 aliphatic carbocycles. The number of nitrogens with zero attached hydrogens (tertiary/aromatic N) is 1. The first-order valence-electron chi connectivity index (χ1n) is 17.1. The summed E-state index contributed by atoms with van der Waals surface area (Å²) in [6.07, 6.45) is 4.14. The van der Waals surface area contributed by atoms with Crippen LogP contribution in [0.15, 0.2) is 65.2 Å². The molecule has 0 bridgehead atoms. The third-order valence-electron chi connectivity index (χ3n) is 8.17. The SMILES string of the molecule is [2H]c1cc(C2([2H])CCC(C)(C)CC2)cc(C([2H])([2H])[2H])c1-c1cc(-c2c(C)ccc3c2oc2cc(F)ccc23)[n+](C)cc1C([2H])([2H])[2H]. The van der Waals surface area contributed by atoms with Crippen LogP contribution in [0.25, 0.3) is 44.3 Å². The van der Waals surface area contributed by atoms with E-state index >= 15 is 0 Å². The number of hydrogen-bond acceptors (Lipinski definition) is 1. The van der Waals surface area contributed by atoms with Crippen LogP contribution in [0.4, 0.5) is 4.39 Å². The number of fused-ring (bicyclic) bond motifs is 3. The molecule has 6 rings (SSSR count). The number of benzene rings is 3. The number of aromatic nitrogens is 1. The quantitative estimate of drug-likeness (QED) is 0.219. The molecule has 0 radical (unpaired) electrons. The zero-order chi connectivity index (χ0) is 33.6. The lowest BCUT2D eigenvalue weighted by Crippen LogP contribution is -2.31. The van der Waals surface area contributed by atoms with Crippen LogP contribution >= 0.6 is 0 Å². The van der Waals surface area contributed by atoms with Crippen molar-refractivity contribution in [1.29, 1.82) is 0 Å². The monoisotopic (exact) mass is 514 g/mol. The number of aryl methyl sites for hydroxylation is 4. The Morgan fingerprint density at radius 1 is 0.974 bits per heavy atom. The summed E-state index contributed by atoms with van der Waals surface area (Å²) >= 11 is 0. The third kappa shape index (κ3) is 4.22. The van der Waals surface area contributed by atoms with Gasteiger partial charge in [0.1, 0.15) is 24.0 Å². The highest BCUT2D eigenvalue weighted by Crippen LogP contribution is 2.43. The van der Waals surface area contributed by atoms with E-state index in [-0.39, 0.29) is 33.7 Å². The molecule has 2 aromatic heterocycles. The number of pyridine rings is 1. The lowest BCUT2D eigenvalue weighted by Gasteiger charge is -2.34. The molecule has 1 aliphatic rings. The highest BCUT2D eigenvalue weighted by Gasteiger charge is 2.28. The van der Waals surface area contributed by atoms with E-state index in [0.717, 1.165) is 29.2 Å². The van der Waals surface area contributed by atoms with Gasteiger partial charge in [0, 0.05) is 38.1 Å². The average Bonchev–Trinajstić information content (AvgIpc) is 3.31. The lowest BCUT2D eigenvalue weighted by atomic mass is 9.71. The lowest BCUT2D eigenvalue weighted by molar-refractivity contribution is -0.660. The highest BCUT2D eigenvalue weighted by molar-refractivity contribution is 6.09. The second kappa shape index (κ2) is 9.08. The fraction of sp³-hybridized carbons (Fsp3) is 0.343. The van der Waals surface area contributed by atoms with E-state index in [2.05, 4.69) is 13.8 Å². The van der Waals surface area contributed by atoms with E-state index in [0.29, 0.717) is 40.8 Å². The maximum Gasteiger partial charge on any atom is 0.216 e. The minimum atomic E-state index is -2.69. The van der Waals surface area contributed by atoms with Crippen molar-refractivity contribution in [3.8, 4) is 22.4 Å². The van der Waals surface area contributed by atoms with E-state index in [1.807, 2.05) is 19.1 Å². The average molecular weight is 515 g/mol. The van der Waals surface area contributed by atoms with Crippen molar-refractivity contribution in [3.05, 3.63) is 88.8 Å². The molecule has 0 spiro atoms. The number of furan rings is 1. The summed E-state index contributed by atoms with van der Waals surface area (Å²) in [5, 5.41) is 1.48. The van der Waals surface area contributed by atoms with Crippen LogP contribution in [-0.4, -0.2) is 0 Å². The molecule has 5 aromatic rings. The van der Waals surface area contributed by atoms with Crippen LogP contribution in [0.2, 0.25) is 0 Å². The summed E-state index contributed by atoms with van der Waals surface area (Å²) in [7, 11) is 1.71. The smallest absolute Gasteiger partial charge is 0.216 e. The van der Waals surface area contributed by atoms with Gasteiger partial charge in [-0.05, 0) is 97.6 Å². The Morgan fingerprint density at radius 3 is 2.50 bits per heavy atom. The molecule has 2 heterocycles. The Labute approximate surface area is 236 Å². The molecular weight excluding hydrogens is 469 g/mol. The van der Waals surface area contributed by atoms with E-state index in [1.54, 1.807) is 29.8 Å². The Balaban J connectivity index is 1.64. The summed E-state index contributed by atoms with van der Waals surface area (Å²) in [6, 6.07) is 12.7. The van der Waals surface area contributed by atoms with E-state index < -0.39 is 25.4 Å². The zero-order valence-electron chi connectivity index (χ0n) is 30.3. The topological polar surface area (TPSA) is 17.0 Å². The van der Waals surface area contributed by atoms with E-state index in [1.165, 1.54) is 24.4 Å². The van der Waals surface area contributed by atoms with Crippen molar-refractivity contribution in [2.45, 2.75) is 66.1 Å². The zero-order valence-corrected chi connectivity index (χ0v) is 22.3. The molecule has 2 nitrogen and oxygen atoms in total. The number of rotatable bonds is 3. The highest BCUT2D eigenvalue weighted by atomic mass is 19.1. The van der Waals surface area contributed by atoms with Gasteiger partial charge in [0.05, 0.1) is 6.93 Å². The van der Waals surface area contributed by atoms with Gasteiger partial charge in [-0.15, -0.1) is 0 Å². The van der Waals surface area contributed by atoms with Crippen molar-refractivity contribution in [3.63, 3.8) is 0 Å². The van der Waals surface area contributed by atoms with Crippen molar-refractivity contribution >= 4 is 21.9 Å². The van der Waals surface area contributed by atoms with Crippen LogP contribution < -0.4 is 4.57 Å². The van der Waals surface area contributed by atoms with Crippen LogP contribution in [0.1, 0.15) is 78.6 Å². The minimum absolute atomic E-state index is 0.00738. The first-order valence-corrected chi connectivity index (χ1v) is 13.1. The first-order chi connectivity index (χ1) is 21.3. The van der Waals surface area contributed by atoms with Gasteiger partial charge in [-0.25, -0.2) is 8.96 Å². The molecule has 0 N–H and O–H groups in total. The Kier molecular flexibility index (Phi) is 4.11. The maximum absolute atomic E-state index is 14.1. The van der Waals surface area contributed by atoms with Crippen LogP contribution in [0, 0.1) is 31.9 Å². The van der Waals surface area contributed by atoms with E-state index in [4.69, 9.17) is 12.6 Å². The normalized spacial score (nSPS) is 20.6. The summed E-state index contributed by atoms with van der Waals surface area (Å²) in [5.41, 5.74) is 3.27. The van der Waals surface area contributed by atoms with Gasteiger partial charge >= 0.3 is 0 Å². The molecule has 3 heteroatoms. The fourth-order valence-electron chi connectivity index (χ4n) is 5.78. The molecule has 0 amide bonds. The summed E-state index contributed by atoms with van der Waals surface area (Å²) in [4.78, 5) is 0. The van der Waals surface area contributed by atoms with Crippen molar-refractivity contribution in [2.24, 2.45) is 12.5 Å². The van der Waals surface area contributed by atoms with Crippen LogP contribution in [0.3, 0.4) is 0 Å². The molecular formula is C35H37FNO+. The largest absolute Gasteiger partial charge is 0.455 e. The summed E-state index contributed by atoms with van der Waals surface area (Å²) in [6.45, 7) is 0.890. The molecule has 0 saturated heterocycles. The summed E-state index contributed by atoms with van der Waals surface area (Å²) in [5.74, 6) is -1.48. The molecule has 38 heavy (non-hydrogen) atoms. The van der Waals surface area contributed by atoms with Gasteiger partial charge in [0.2, 0.25) is 5.69 Å². The maximum atomic E-state index is 14.1. The molecule has 194 valence electrons. The Hall–Kier alpha value is -3.46. The Morgan fingerprint density at radius 2 is 1.74 bits per heavy atom. The van der Waals surface area contributed by atoms with Crippen LogP contribution in [0.5, 0.6) is 0 Å². The predicted octanol–water partition coefficient (Wildman–Crippen LogP) is 9.49. The molecule has 1 saturated carbocycles. The predicted molar refractivity (Wildman–Crippen MR) is 155 cm³/mol. The Bertz CT molecular complexity index is 2010. The first kappa shape index (κ1) is 17.2. The summed E-state index contributed by atoms with van der Waals surface area (Å²) < 4.78 is 91.2. The molecule has 0 atom stereocenters. The van der Waals surface area contributed by atoms with Crippen LogP contribution in [-0.2, 0) is 7.05 Å². The van der Waals surface area contributed by atoms with Gasteiger partial charge in [-0.2, -0.15) is 0 Å². The molecule has 0 aliphatic heterocycles. The van der Waals surface area contributed by atoms with Crippen molar-refractivity contribution in [1.82, 2.24) is 0 Å². The number of hydrogen-bond donors (Lipinski definition) is 0. The van der Waals surface area contributed by atoms with Gasteiger partial charge < -0.3 is 4.42 Å². The second-order valence-corrected chi connectivity index (χ2v) is 11.4. The van der Waals surface area contributed by atoms with Crippen molar-refractivity contribution in [2.75, 3.05) is 0 Å². The van der Waals surface area contributed by atoms with Gasteiger partial charge in [-0.3, -0.25) is 0 Å². The van der Waals surface area contributed by atoms with Gasteiger partial charge in [-0.1, -0.05) is 44.2 Å². The fourth-order valence-corrected chi connectivity index (χ4v) is 5.78. The molecule has 0 unspecified atom stereocenters. The molecule has 3 aromatic carbocycles. The van der Waals surface area contributed by atoms with Gasteiger partial charge in [0.25, 0.3) is 0 Å². The van der Waals surface area contributed by atoms with E-state index in [9.17, 15) is 7.13 Å². The molecule has 1 fully saturated rings. The minimum Gasteiger partial charge on any atom is -0.455 e. The third-order valence-corrected chi connectivity index (χ3v) is 8.17. The standard InChI is InChI=1S/C35H37FNO/c1-21-7-10-29-28-12-9-26(36)18-32(28)38-34(29)33(21)31-19-30(23(3)20-37(31)6)27-11-8-25(17-22(27)2)24-13-15-35(4,5)16-14-24/h7-12,17-20,24H,13-16H2,1-6H3/q+1/i2D3,3D3,11D,24D. The second-order valence-electron chi connectivity index (χ2n) is 11.4. The van der Waals surface area contributed by atoms with Crippen molar-refractivity contribution < 1.29 is 24.3 Å². The number of halogens is 1.